The van der Waals surface area contributed by atoms with Crippen molar-refractivity contribution in [3.8, 4) is 0 Å². The molecule has 0 spiro atoms. The van der Waals surface area contributed by atoms with Crippen molar-refractivity contribution in [1.29, 1.82) is 0 Å². The molecule has 2 heterocycles. The van der Waals surface area contributed by atoms with Crippen molar-refractivity contribution in [2.45, 2.75) is 31.9 Å². The lowest BCUT2D eigenvalue weighted by molar-refractivity contribution is -0.134. The van der Waals surface area contributed by atoms with Gasteiger partial charge in [-0.3, -0.25) is 14.4 Å². The number of carbonyl (C=O) groups is 3. The fraction of sp³-hybridized carbons (Fsp3) is 0.435. The number of aliphatic hydroxyl groups excluding tert-OH is 1. The van der Waals surface area contributed by atoms with Crippen molar-refractivity contribution in [3.05, 3.63) is 52.2 Å². The van der Waals surface area contributed by atoms with Gasteiger partial charge in [-0.1, -0.05) is 18.2 Å². The third-order valence-electron chi connectivity index (χ3n) is 5.91. The van der Waals surface area contributed by atoms with Crippen LogP contribution in [0.5, 0.6) is 0 Å². The summed E-state index contributed by atoms with van der Waals surface area (Å²) < 4.78 is 0. The van der Waals surface area contributed by atoms with Crippen LogP contribution in [0, 0.1) is 11.8 Å². The second-order valence-corrected chi connectivity index (χ2v) is 9.12. The van der Waals surface area contributed by atoms with Gasteiger partial charge < -0.3 is 25.7 Å². The molecule has 0 bridgehead atoms. The highest BCUT2D eigenvalue weighted by molar-refractivity contribution is 7.12. The first-order valence-electron chi connectivity index (χ1n) is 10.6. The minimum absolute atomic E-state index is 0.146. The first kappa shape index (κ1) is 23.9. The van der Waals surface area contributed by atoms with Gasteiger partial charge in [-0.05, 0) is 61.3 Å². The van der Waals surface area contributed by atoms with Crippen LogP contribution in [0.1, 0.15) is 39.8 Å². The van der Waals surface area contributed by atoms with E-state index in [0.717, 1.165) is 26.4 Å². The van der Waals surface area contributed by atoms with Gasteiger partial charge in [0.05, 0.1) is 28.3 Å². The standard InChI is InChI=1S/C21H25N3O3S.C2H4O2/c1-24(21(27)19-7-4-8-28-19)17-6-3-2-5-15(17)20(26)23-16-9-13-11-22-12-14(13)10-18(16)25;1-2(3)4/h2-8,13-14,16,18,22,25H,9-12H2,1H3,(H,23,26);1H3,(H,3,4)/t13-,14+,16-,18-;/m0./s1. The van der Waals surface area contributed by atoms with E-state index >= 15 is 0 Å². The zero-order valence-corrected chi connectivity index (χ0v) is 19.0. The molecule has 172 valence electrons. The number of anilines is 1. The molecule has 1 aromatic carbocycles. The van der Waals surface area contributed by atoms with Crippen molar-refractivity contribution in [2.75, 3.05) is 25.0 Å². The molecule has 1 aliphatic heterocycles. The lowest BCUT2D eigenvalue weighted by Gasteiger charge is -2.36. The van der Waals surface area contributed by atoms with E-state index in [-0.39, 0.29) is 17.9 Å². The van der Waals surface area contributed by atoms with Gasteiger partial charge in [-0.25, -0.2) is 0 Å². The van der Waals surface area contributed by atoms with Crippen LogP contribution in [0.3, 0.4) is 0 Å². The van der Waals surface area contributed by atoms with Crippen molar-refractivity contribution < 1.29 is 24.6 Å². The van der Waals surface area contributed by atoms with Crippen LogP contribution in [0.2, 0.25) is 0 Å². The summed E-state index contributed by atoms with van der Waals surface area (Å²) in [7, 11) is 1.68. The molecule has 1 aliphatic carbocycles. The normalized spacial score (nSPS) is 24.0. The number of aliphatic carboxylic acids is 1. The number of para-hydroxylation sites is 1. The molecule has 4 N–H and O–H groups in total. The number of carbonyl (C=O) groups excluding carboxylic acids is 2. The van der Waals surface area contributed by atoms with E-state index in [1.807, 2.05) is 17.5 Å². The van der Waals surface area contributed by atoms with Gasteiger partial charge in [0.25, 0.3) is 17.8 Å². The maximum Gasteiger partial charge on any atom is 0.300 e. The number of hydrogen-bond acceptors (Lipinski definition) is 6. The minimum atomic E-state index is -0.833. The summed E-state index contributed by atoms with van der Waals surface area (Å²) in [6.45, 7) is 2.97. The second-order valence-electron chi connectivity index (χ2n) is 8.17. The summed E-state index contributed by atoms with van der Waals surface area (Å²) >= 11 is 1.38. The van der Waals surface area contributed by atoms with E-state index in [2.05, 4.69) is 10.6 Å². The Bertz CT molecular complexity index is 945. The van der Waals surface area contributed by atoms with Gasteiger partial charge in [0.15, 0.2) is 0 Å². The van der Waals surface area contributed by atoms with E-state index in [4.69, 9.17) is 9.90 Å². The predicted molar refractivity (Wildman–Crippen MR) is 123 cm³/mol. The summed E-state index contributed by atoms with van der Waals surface area (Å²) in [5.41, 5.74) is 0.998. The Labute approximate surface area is 191 Å². The van der Waals surface area contributed by atoms with Gasteiger partial charge in [-0.15, -0.1) is 11.3 Å². The number of nitrogens with zero attached hydrogens (tertiary/aromatic N) is 1. The molecule has 2 aromatic rings. The average molecular weight is 460 g/mol. The van der Waals surface area contributed by atoms with Gasteiger partial charge >= 0.3 is 0 Å². The van der Waals surface area contributed by atoms with Crippen LogP contribution in [0.4, 0.5) is 5.69 Å². The zero-order chi connectivity index (χ0) is 23.3. The molecule has 2 fully saturated rings. The Morgan fingerprint density at radius 3 is 2.41 bits per heavy atom. The molecule has 1 saturated heterocycles. The average Bonchev–Trinajstić information content (AvgIpc) is 3.44. The van der Waals surface area contributed by atoms with E-state index in [1.54, 1.807) is 31.3 Å². The van der Waals surface area contributed by atoms with E-state index in [0.29, 0.717) is 34.4 Å². The highest BCUT2D eigenvalue weighted by Crippen LogP contribution is 2.33. The molecule has 4 atom stereocenters. The molecule has 1 aromatic heterocycles. The topological polar surface area (TPSA) is 119 Å². The van der Waals surface area contributed by atoms with Gasteiger partial charge in [0, 0.05) is 14.0 Å². The monoisotopic (exact) mass is 459 g/mol. The van der Waals surface area contributed by atoms with Crippen molar-refractivity contribution in [2.24, 2.45) is 11.8 Å². The van der Waals surface area contributed by atoms with Crippen LogP contribution in [0.25, 0.3) is 0 Å². The number of benzene rings is 1. The number of carboxylic acid groups (broad SMARTS) is 1. The Hall–Kier alpha value is -2.75. The van der Waals surface area contributed by atoms with Crippen molar-refractivity contribution in [3.63, 3.8) is 0 Å². The Kier molecular flexibility index (Phi) is 8.00. The minimum Gasteiger partial charge on any atom is -0.481 e. The number of fused-ring (bicyclic) bond motifs is 1. The van der Waals surface area contributed by atoms with Crippen molar-refractivity contribution >= 4 is 34.8 Å². The molecule has 2 amide bonds. The first-order chi connectivity index (χ1) is 15.3. The SMILES string of the molecule is CC(=O)O.CN(C(=O)c1cccs1)c1ccccc1C(=O)N[C@H]1C[C@H]2CNC[C@H]2C[C@@H]1O. The van der Waals surface area contributed by atoms with Crippen LogP contribution in [-0.4, -0.2) is 60.3 Å². The van der Waals surface area contributed by atoms with E-state index < -0.39 is 12.1 Å². The van der Waals surface area contributed by atoms with Crippen LogP contribution >= 0.6 is 11.3 Å². The maximum atomic E-state index is 13.0. The first-order valence-corrected chi connectivity index (χ1v) is 11.5. The third-order valence-corrected chi connectivity index (χ3v) is 6.77. The number of thiophene rings is 1. The summed E-state index contributed by atoms with van der Waals surface area (Å²) in [5.74, 6) is -0.250. The number of aliphatic hydroxyl groups is 1. The smallest absolute Gasteiger partial charge is 0.300 e. The Balaban J connectivity index is 0.000000668. The fourth-order valence-corrected chi connectivity index (χ4v) is 5.03. The zero-order valence-electron chi connectivity index (χ0n) is 18.2. The summed E-state index contributed by atoms with van der Waals surface area (Å²) in [6, 6.07) is 10.4. The molecule has 0 unspecified atom stereocenters. The second kappa shape index (κ2) is 10.7. The van der Waals surface area contributed by atoms with Crippen LogP contribution in [0.15, 0.2) is 41.8 Å². The number of carboxylic acids is 1. The summed E-state index contributed by atoms with van der Waals surface area (Å²) in [6.07, 6.45) is 0.945. The summed E-state index contributed by atoms with van der Waals surface area (Å²) in [4.78, 5) is 36.9. The number of hydrogen-bond donors (Lipinski definition) is 4. The van der Waals surface area contributed by atoms with E-state index in [1.165, 1.54) is 16.2 Å². The highest BCUT2D eigenvalue weighted by Gasteiger charge is 2.39. The molecular formula is C23H29N3O5S. The maximum absolute atomic E-state index is 13.0. The van der Waals surface area contributed by atoms with Crippen molar-refractivity contribution in [1.82, 2.24) is 10.6 Å². The number of nitrogens with one attached hydrogen (secondary N) is 2. The molecule has 1 saturated carbocycles. The van der Waals surface area contributed by atoms with Crippen LogP contribution < -0.4 is 15.5 Å². The lowest BCUT2D eigenvalue weighted by Crippen LogP contribution is -2.49. The molecule has 32 heavy (non-hydrogen) atoms. The highest BCUT2D eigenvalue weighted by atomic mass is 32.1. The molecular weight excluding hydrogens is 430 g/mol. The largest absolute Gasteiger partial charge is 0.481 e. The van der Waals surface area contributed by atoms with Gasteiger partial charge in [-0.2, -0.15) is 0 Å². The number of amides is 2. The van der Waals surface area contributed by atoms with Crippen LogP contribution in [-0.2, 0) is 4.79 Å². The molecule has 4 rings (SSSR count). The van der Waals surface area contributed by atoms with Gasteiger partial charge in [0.1, 0.15) is 0 Å². The molecule has 2 aliphatic rings. The van der Waals surface area contributed by atoms with Gasteiger partial charge in [0.2, 0.25) is 0 Å². The summed E-state index contributed by atoms with van der Waals surface area (Å²) in [5, 5.41) is 26.2. The van der Waals surface area contributed by atoms with E-state index in [9.17, 15) is 14.7 Å². The molecule has 0 radical (unpaired) electrons. The predicted octanol–water partition coefficient (Wildman–Crippen LogP) is 2.20. The lowest BCUT2D eigenvalue weighted by atomic mass is 9.77. The quantitative estimate of drug-likeness (QED) is 0.557. The molecule has 8 nitrogen and oxygen atoms in total. The number of rotatable bonds is 4. The Morgan fingerprint density at radius 2 is 1.75 bits per heavy atom. The Morgan fingerprint density at radius 1 is 1.09 bits per heavy atom. The third kappa shape index (κ3) is 5.73. The fourth-order valence-electron chi connectivity index (χ4n) is 4.33. The molecule has 9 heteroatoms.